The third-order valence-electron chi connectivity index (χ3n) is 5.79. The van der Waals surface area contributed by atoms with Crippen LogP contribution in [0.25, 0.3) is 11.1 Å². The van der Waals surface area contributed by atoms with Crippen molar-refractivity contribution < 1.29 is 19.7 Å². The number of aliphatic hydroxyl groups excluding tert-OH is 1. The SMILES string of the molecule is COc1ccc(-c2ccc(CCC(O)C(CCn3c(=O)ccn(C)c3=O)C(=O)O)cc2)cc1. The third kappa shape index (κ3) is 5.98. The Bertz CT molecular complexity index is 1200. The molecule has 0 aliphatic carbocycles. The highest BCUT2D eigenvalue weighted by molar-refractivity contribution is 5.70. The normalized spacial score (nSPS) is 12.8. The molecule has 0 amide bonds. The molecule has 0 aliphatic rings. The zero-order chi connectivity index (χ0) is 24.0. The molecule has 2 N–H and O–H groups in total. The van der Waals surface area contributed by atoms with Gasteiger partial charge in [0, 0.05) is 25.9 Å². The van der Waals surface area contributed by atoms with Crippen LogP contribution in [0.1, 0.15) is 18.4 Å². The van der Waals surface area contributed by atoms with E-state index in [4.69, 9.17) is 4.74 Å². The summed E-state index contributed by atoms with van der Waals surface area (Å²) in [6.45, 7) is -0.0725. The standard InChI is InChI=1S/C25H28N2O6/c1-26-15-14-23(29)27(25(26)32)16-13-21(24(30)31)22(28)12-5-17-3-6-18(7-4-17)19-8-10-20(33-2)11-9-19/h3-4,6-11,14-15,21-22,28H,5,12-13,16H2,1-2H3,(H,30,31). The van der Waals surface area contributed by atoms with Crippen LogP contribution in [0, 0.1) is 5.92 Å². The van der Waals surface area contributed by atoms with Gasteiger partial charge in [0.05, 0.1) is 19.1 Å². The lowest BCUT2D eigenvalue weighted by Crippen LogP contribution is -2.39. The van der Waals surface area contributed by atoms with Crippen LogP contribution < -0.4 is 16.0 Å². The second-order valence-electron chi connectivity index (χ2n) is 7.96. The molecule has 33 heavy (non-hydrogen) atoms. The molecule has 0 radical (unpaired) electrons. The van der Waals surface area contributed by atoms with Gasteiger partial charge in [0.2, 0.25) is 0 Å². The smallest absolute Gasteiger partial charge is 0.330 e. The van der Waals surface area contributed by atoms with Gasteiger partial charge in [-0.15, -0.1) is 0 Å². The molecule has 3 aromatic rings. The molecular formula is C25H28N2O6. The number of carboxylic acid groups (broad SMARTS) is 1. The topological polar surface area (TPSA) is 111 Å². The maximum absolute atomic E-state index is 12.1. The van der Waals surface area contributed by atoms with Crippen molar-refractivity contribution in [1.82, 2.24) is 9.13 Å². The molecule has 174 valence electrons. The van der Waals surface area contributed by atoms with Crippen LogP contribution in [0.2, 0.25) is 0 Å². The average molecular weight is 453 g/mol. The summed E-state index contributed by atoms with van der Waals surface area (Å²) in [6.07, 6.45) is 0.991. The van der Waals surface area contributed by atoms with E-state index in [1.54, 1.807) is 7.11 Å². The van der Waals surface area contributed by atoms with Crippen molar-refractivity contribution in [1.29, 1.82) is 0 Å². The van der Waals surface area contributed by atoms with Crippen LogP contribution in [0.3, 0.4) is 0 Å². The minimum absolute atomic E-state index is 0.0218. The highest BCUT2D eigenvalue weighted by Gasteiger charge is 2.26. The Balaban J connectivity index is 1.61. The zero-order valence-electron chi connectivity index (χ0n) is 18.7. The molecule has 1 heterocycles. The van der Waals surface area contributed by atoms with Gasteiger partial charge in [0.25, 0.3) is 5.56 Å². The average Bonchev–Trinajstić information content (AvgIpc) is 2.82. The summed E-state index contributed by atoms with van der Waals surface area (Å²) in [6, 6.07) is 16.9. The van der Waals surface area contributed by atoms with Gasteiger partial charge in [-0.2, -0.15) is 0 Å². The molecule has 0 saturated heterocycles. The number of aliphatic hydroxyl groups is 1. The van der Waals surface area contributed by atoms with Crippen LogP contribution in [0.15, 0.2) is 70.4 Å². The number of hydrogen-bond donors (Lipinski definition) is 2. The molecule has 1 aromatic heterocycles. The predicted molar refractivity (Wildman–Crippen MR) is 124 cm³/mol. The summed E-state index contributed by atoms with van der Waals surface area (Å²) < 4.78 is 7.41. The van der Waals surface area contributed by atoms with E-state index in [9.17, 15) is 24.6 Å². The molecule has 0 bridgehead atoms. The Morgan fingerprint density at radius 2 is 1.58 bits per heavy atom. The molecule has 2 atom stereocenters. The first-order valence-corrected chi connectivity index (χ1v) is 10.7. The summed E-state index contributed by atoms with van der Waals surface area (Å²) in [5.74, 6) is -1.45. The highest BCUT2D eigenvalue weighted by atomic mass is 16.5. The maximum atomic E-state index is 12.1. The first kappa shape index (κ1) is 24.0. The van der Waals surface area contributed by atoms with E-state index < -0.39 is 29.2 Å². The van der Waals surface area contributed by atoms with Gasteiger partial charge in [-0.3, -0.25) is 14.2 Å². The van der Waals surface area contributed by atoms with Gasteiger partial charge < -0.3 is 19.5 Å². The van der Waals surface area contributed by atoms with E-state index >= 15 is 0 Å². The molecule has 0 aliphatic heterocycles. The van der Waals surface area contributed by atoms with Crippen molar-refractivity contribution in [3.8, 4) is 16.9 Å². The van der Waals surface area contributed by atoms with E-state index in [0.717, 1.165) is 27.0 Å². The van der Waals surface area contributed by atoms with Crippen molar-refractivity contribution in [2.45, 2.75) is 31.9 Å². The molecule has 0 fully saturated rings. The fourth-order valence-electron chi connectivity index (χ4n) is 3.73. The van der Waals surface area contributed by atoms with Gasteiger partial charge in [0.1, 0.15) is 5.75 Å². The Morgan fingerprint density at radius 3 is 2.15 bits per heavy atom. The molecule has 2 aromatic carbocycles. The summed E-state index contributed by atoms with van der Waals surface area (Å²) in [5, 5.41) is 20.1. The lowest BCUT2D eigenvalue weighted by atomic mass is 9.93. The summed E-state index contributed by atoms with van der Waals surface area (Å²) in [7, 11) is 3.14. The van der Waals surface area contributed by atoms with Crippen LogP contribution in [-0.4, -0.2) is 38.5 Å². The Morgan fingerprint density at radius 1 is 0.970 bits per heavy atom. The van der Waals surface area contributed by atoms with E-state index in [1.165, 1.54) is 23.9 Å². The Labute approximate surface area is 191 Å². The number of methoxy groups -OCH3 is 1. The quantitative estimate of drug-likeness (QED) is 0.488. The highest BCUT2D eigenvalue weighted by Crippen LogP contribution is 2.23. The van der Waals surface area contributed by atoms with Crippen LogP contribution in [-0.2, 0) is 24.8 Å². The van der Waals surface area contributed by atoms with E-state index in [2.05, 4.69) is 0 Å². The van der Waals surface area contributed by atoms with Gasteiger partial charge in [-0.05, 0) is 48.1 Å². The van der Waals surface area contributed by atoms with Crippen LogP contribution >= 0.6 is 0 Å². The number of carboxylic acids is 1. The van der Waals surface area contributed by atoms with Gasteiger partial charge in [-0.1, -0.05) is 36.4 Å². The lowest BCUT2D eigenvalue weighted by molar-refractivity contribution is -0.146. The van der Waals surface area contributed by atoms with Gasteiger partial charge in [0.15, 0.2) is 0 Å². The fraction of sp³-hybridized carbons (Fsp3) is 0.320. The second-order valence-corrected chi connectivity index (χ2v) is 7.96. The minimum Gasteiger partial charge on any atom is -0.497 e. The van der Waals surface area contributed by atoms with Gasteiger partial charge in [-0.25, -0.2) is 4.79 Å². The van der Waals surface area contributed by atoms with Crippen molar-refractivity contribution >= 4 is 5.97 Å². The summed E-state index contributed by atoms with van der Waals surface area (Å²) >= 11 is 0. The largest absolute Gasteiger partial charge is 0.497 e. The number of benzene rings is 2. The van der Waals surface area contributed by atoms with Gasteiger partial charge >= 0.3 is 11.7 Å². The van der Waals surface area contributed by atoms with Crippen LogP contribution in [0.4, 0.5) is 0 Å². The number of aliphatic carboxylic acids is 1. The molecule has 8 nitrogen and oxygen atoms in total. The number of aryl methyl sites for hydroxylation is 2. The second kappa shape index (κ2) is 10.8. The van der Waals surface area contributed by atoms with Crippen molar-refractivity contribution in [2.75, 3.05) is 7.11 Å². The fourth-order valence-corrected chi connectivity index (χ4v) is 3.73. The number of aromatic nitrogens is 2. The molecule has 0 saturated carbocycles. The van der Waals surface area contributed by atoms with Crippen LogP contribution in [0.5, 0.6) is 5.75 Å². The lowest BCUT2D eigenvalue weighted by Gasteiger charge is -2.19. The molecular weight excluding hydrogens is 424 g/mol. The number of nitrogens with zero attached hydrogens (tertiary/aromatic N) is 2. The number of rotatable bonds is 10. The van der Waals surface area contributed by atoms with E-state index in [0.29, 0.717) is 6.42 Å². The monoisotopic (exact) mass is 452 g/mol. The molecule has 0 spiro atoms. The molecule has 3 rings (SSSR count). The first-order valence-electron chi connectivity index (χ1n) is 10.7. The van der Waals surface area contributed by atoms with E-state index in [-0.39, 0.29) is 19.4 Å². The van der Waals surface area contributed by atoms with E-state index in [1.807, 2.05) is 48.5 Å². The predicted octanol–water partition coefficient (Wildman–Crippen LogP) is 2.31. The minimum atomic E-state index is -1.15. The van der Waals surface area contributed by atoms with Crippen molar-refractivity contribution in [3.63, 3.8) is 0 Å². The van der Waals surface area contributed by atoms with Crippen molar-refractivity contribution in [3.05, 3.63) is 87.2 Å². The number of ether oxygens (including phenoxy) is 1. The zero-order valence-corrected chi connectivity index (χ0v) is 18.7. The maximum Gasteiger partial charge on any atom is 0.330 e. The first-order chi connectivity index (χ1) is 15.8. The summed E-state index contributed by atoms with van der Waals surface area (Å²) in [5.41, 5.74) is 2.06. The molecule has 8 heteroatoms. The number of hydrogen-bond acceptors (Lipinski definition) is 5. The molecule has 2 unspecified atom stereocenters. The Hall–Kier alpha value is -3.65. The number of carbonyl (C=O) groups is 1. The summed E-state index contributed by atoms with van der Waals surface area (Å²) in [4.78, 5) is 35.8. The Kier molecular flexibility index (Phi) is 7.84. The van der Waals surface area contributed by atoms with Crippen molar-refractivity contribution in [2.24, 2.45) is 13.0 Å². The third-order valence-corrected chi connectivity index (χ3v) is 5.79.